The molecule has 156 valence electrons. The Morgan fingerprint density at radius 1 is 0.900 bits per heavy atom. The highest BCUT2D eigenvalue weighted by Crippen LogP contribution is 2.28. The van der Waals surface area contributed by atoms with Gasteiger partial charge in [0.25, 0.3) is 11.8 Å². The molecule has 1 aromatic heterocycles. The van der Waals surface area contributed by atoms with E-state index in [9.17, 15) is 18.0 Å². The van der Waals surface area contributed by atoms with Gasteiger partial charge in [-0.3, -0.25) is 14.3 Å². The van der Waals surface area contributed by atoms with Crippen LogP contribution in [0.5, 0.6) is 0 Å². The van der Waals surface area contributed by atoms with Crippen molar-refractivity contribution in [2.24, 2.45) is 0 Å². The zero-order valence-corrected chi connectivity index (χ0v) is 18.5. The molecule has 3 N–H and O–H groups in total. The fourth-order valence-corrected chi connectivity index (χ4v) is 4.08. The lowest BCUT2D eigenvalue weighted by molar-refractivity contribution is 0.101. The van der Waals surface area contributed by atoms with Crippen LogP contribution in [0.4, 0.5) is 17.1 Å². The van der Waals surface area contributed by atoms with Crippen LogP contribution >= 0.6 is 34.5 Å². The molecular weight excluding hydrogens is 469 g/mol. The number of rotatable bonds is 6. The van der Waals surface area contributed by atoms with Gasteiger partial charge in [0.1, 0.15) is 0 Å². The van der Waals surface area contributed by atoms with E-state index in [2.05, 4.69) is 15.4 Å². The number of sulfonamides is 1. The number of hydrogen-bond acceptors (Lipinski definition) is 5. The van der Waals surface area contributed by atoms with Crippen molar-refractivity contribution in [3.63, 3.8) is 0 Å². The molecule has 0 aliphatic rings. The number of hydrogen-bond donors (Lipinski definition) is 3. The van der Waals surface area contributed by atoms with E-state index >= 15 is 0 Å². The quantitative estimate of drug-likeness (QED) is 0.462. The highest BCUT2D eigenvalue weighted by molar-refractivity contribution is 7.92. The lowest BCUT2D eigenvalue weighted by Crippen LogP contribution is -2.15. The van der Waals surface area contributed by atoms with Gasteiger partial charge in [-0.25, -0.2) is 8.42 Å². The molecule has 0 saturated carbocycles. The topological polar surface area (TPSA) is 104 Å². The Balaban J connectivity index is 1.75. The Labute approximate surface area is 187 Å². The van der Waals surface area contributed by atoms with Crippen molar-refractivity contribution >= 4 is 73.4 Å². The summed E-state index contributed by atoms with van der Waals surface area (Å²) in [6, 6.07) is 12.3. The molecule has 3 aromatic rings. The summed E-state index contributed by atoms with van der Waals surface area (Å²) in [4.78, 5) is 25.4. The van der Waals surface area contributed by atoms with Crippen LogP contribution in [0.3, 0.4) is 0 Å². The summed E-state index contributed by atoms with van der Waals surface area (Å²) in [6.45, 7) is 0. The summed E-state index contributed by atoms with van der Waals surface area (Å²) in [5.41, 5.74) is 1.12. The molecule has 0 aliphatic carbocycles. The monoisotopic (exact) mass is 483 g/mol. The number of thiophene rings is 1. The molecule has 0 unspecified atom stereocenters. The SMILES string of the molecule is CS(=O)(=O)Nc1ccc(NC(=O)c2ccc(Cl)c(NC(=O)c3cccs3)c2)cc1Cl. The fourth-order valence-electron chi connectivity index (χ4n) is 2.43. The first-order chi connectivity index (χ1) is 14.1. The molecule has 1 heterocycles. The van der Waals surface area contributed by atoms with Crippen LogP contribution in [-0.4, -0.2) is 26.5 Å². The number of amides is 2. The first-order valence-corrected chi connectivity index (χ1v) is 11.9. The summed E-state index contributed by atoms with van der Waals surface area (Å²) in [6.07, 6.45) is 1.01. The van der Waals surface area contributed by atoms with Crippen molar-refractivity contribution in [1.29, 1.82) is 0 Å². The highest BCUT2D eigenvalue weighted by Gasteiger charge is 2.14. The third-order valence-electron chi connectivity index (χ3n) is 3.74. The number of halogens is 2. The first-order valence-electron chi connectivity index (χ1n) is 8.35. The zero-order chi connectivity index (χ0) is 21.9. The Kier molecular flexibility index (Phi) is 6.67. The van der Waals surface area contributed by atoms with Gasteiger partial charge in [-0.15, -0.1) is 11.3 Å². The Morgan fingerprint density at radius 2 is 1.67 bits per heavy atom. The van der Waals surface area contributed by atoms with Gasteiger partial charge in [0.2, 0.25) is 10.0 Å². The Bertz CT molecular complexity index is 1210. The molecule has 2 amide bonds. The summed E-state index contributed by atoms with van der Waals surface area (Å²) in [7, 11) is -3.48. The van der Waals surface area contributed by atoms with Crippen molar-refractivity contribution in [3.05, 3.63) is 74.4 Å². The first kappa shape index (κ1) is 22.1. The van der Waals surface area contributed by atoms with E-state index in [1.165, 1.54) is 47.7 Å². The van der Waals surface area contributed by atoms with Crippen LogP contribution < -0.4 is 15.4 Å². The zero-order valence-electron chi connectivity index (χ0n) is 15.4. The summed E-state index contributed by atoms with van der Waals surface area (Å²) >= 11 is 13.5. The lowest BCUT2D eigenvalue weighted by atomic mass is 10.1. The minimum absolute atomic E-state index is 0.123. The molecule has 11 heteroatoms. The standard InChI is InChI=1S/C19H15Cl2N3O4S2/c1-30(27,28)24-15-7-5-12(10-14(15)21)22-18(25)11-4-6-13(20)16(9-11)23-19(26)17-3-2-8-29-17/h2-10,24H,1H3,(H,22,25)(H,23,26). The van der Waals surface area contributed by atoms with Crippen molar-refractivity contribution in [3.8, 4) is 0 Å². The Morgan fingerprint density at radius 3 is 2.30 bits per heavy atom. The second-order valence-electron chi connectivity index (χ2n) is 6.15. The maximum absolute atomic E-state index is 12.6. The molecule has 0 atom stereocenters. The van der Waals surface area contributed by atoms with Crippen LogP contribution in [0, 0.1) is 0 Å². The molecule has 30 heavy (non-hydrogen) atoms. The van der Waals surface area contributed by atoms with Gasteiger partial charge in [0.05, 0.1) is 32.6 Å². The Hall–Kier alpha value is -2.59. The number of carbonyl (C=O) groups excluding carboxylic acids is 2. The highest BCUT2D eigenvalue weighted by atomic mass is 35.5. The largest absolute Gasteiger partial charge is 0.322 e. The van der Waals surface area contributed by atoms with Gasteiger partial charge >= 0.3 is 0 Å². The lowest BCUT2D eigenvalue weighted by Gasteiger charge is -2.11. The van der Waals surface area contributed by atoms with Gasteiger partial charge in [0, 0.05) is 11.3 Å². The molecule has 7 nitrogen and oxygen atoms in total. The maximum atomic E-state index is 12.6. The number of benzene rings is 2. The van der Waals surface area contributed by atoms with Crippen LogP contribution in [-0.2, 0) is 10.0 Å². The molecule has 0 saturated heterocycles. The average Bonchev–Trinajstić information content (AvgIpc) is 3.19. The molecule has 0 spiro atoms. The second-order valence-corrected chi connectivity index (χ2v) is 9.66. The molecule has 0 aliphatic heterocycles. The smallest absolute Gasteiger partial charge is 0.265 e. The summed E-state index contributed by atoms with van der Waals surface area (Å²) < 4.78 is 24.9. The van der Waals surface area contributed by atoms with E-state index in [0.717, 1.165) is 6.26 Å². The molecule has 0 radical (unpaired) electrons. The van der Waals surface area contributed by atoms with E-state index in [-0.39, 0.29) is 27.2 Å². The third kappa shape index (κ3) is 5.73. The van der Waals surface area contributed by atoms with Crippen molar-refractivity contribution in [1.82, 2.24) is 0 Å². The summed E-state index contributed by atoms with van der Waals surface area (Å²) in [5, 5.41) is 7.54. The van der Waals surface area contributed by atoms with Crippen molar-refractivity contribution in [2.75, 3.05) is 21.6 Å². The number of carbonyl (C=O) groups is 2. The normalized spacial score (nSPS) is 11.0. The molecule has 3 rings (SSSR count). The van der Waals surface area contributed by atoms with Gasteiger partial charge in [-0.05, 0) is 47.8 Å². The molecule has 0 fully saturated rings. The average molecular weight is 484 g/mol. The van der Waals surface area contributed by atoms with Crippen molar-refractivity contribution in [2.45, 2.75) is 0 Å². The van der Waals surface area contributed by atoms with E-state index in [0.29, 0.717) is 16.3 Å². The molecular formula is C19H15Cl2N3O4S2. The number of anilines is 3. The molecule has 2 aromatic carbocycles. The fraction of sp³-hybridized carbons (Fsp3) is 0.0526. The third-order valence-corrected chi connectivity index (χ3v) is 5.85. The predicted octanol–water partition coefficient (Wildman–Crippen LogP) is 4.93. The minimum Gasteiger partial charge on any atom is -0.322 e. The minimum atomic E-state index is -3.48. The van der Waals surface area contributed by atoms with Crippen LogP contribution in [0.1, 0.15) is 20.0 Å². The maximum Gasteiger partial charge on any atom is 0.265 e. The van der Waals surface area contributed by atoms with E-state index < -0.39 is 15.9 Å². The second kappa shape index (κ2) is 9.05. The van der Waals surface area contributed by atoms with Crippen LogP contribution in [0.15, 0.2) is 53.9 Å². The van der Waals surface area contributed by atoms with Crippen LogP contribution in [0.25, 0.3) is 0 Å². The van der Waals surface area contributed by atoms with Crippen LogP contribution in [0.2, 0.25) is 10.0 Å². The van der Waals surface area contributed by atoms with E-state index in [1.54, 1.807) is 17.5 Å². The van der Waals surface area contributed by atoms with Gasteiger partial charge in [0.15, 0.2) is 0 Å². The van der Waals surface area contributed by atoms with Gasteiger partial charge < -0.3 is 10.6 Å². The van der Waals surface area contributed by atoms with Crippen molar-refractivity contribution < 1.29 is 18.0 Å². The van der Waals surface area contributed by atoms with Gasteiger partial charge in [-0.2, -0.15) is 0 Å². The predicted molar refractivity (Wildman–Crippen MR) is 122 cm³/mol. The van der Waals surface area contributed by atoms with Gasteiger partial charge in [-0.1, -0.05) is 29.3 Å². The van der Waals surface area contributed by atoms with E-state index in [1.807, 2.05) is 0 Å². The molecule has 0 bridgehead atoms. The summed E-state index contributed by atoms with van der Waals surface area (Å²) in [5.74, 6) is -0.789. The number of nitrogens with one attached hydrogen (secondary N) is 3. The van der Waals surface area contributed by atoms with E-state index in [4.69, 9.17) is 23.2 Å².